The van der Waals surface area contributed by atoms with E-state index < -0.39 is 0 Å². The molecule has 88 valence electrons. The number of hydrogen-bond acceptors (Lipinski definition) is 4. The Morgan fingerprint density at radius 1 is 1.60 bits per heavy atom. The van der Waals surface area contributed by atoms with Crippen LogP contribution in [-0.4, -0.2) is 56.0 Å². The zero-order valence-electron chi connectivity index (χ0n) is 9.28. The van der Waals surface area contributed by atoms with Gasteiger partial charge in [-0.15, -0.1) is 0 Å². The molecule has 0 aromatic heterocycles. The second-order valence-corrected chi connectivity index (χ2v) is 4.29. The molecule has 0 spiro atoms. The minimum absolute atomic E-state index is 0.509. The molecule has 15 heavy (non-hydrogen) atoms. The summed E-state index contributed by atoms with van der Waals surface area (Å²) >= 11 is 4.89. The molecule has 5 heteroatoms. The summed E-state index contributed by atoms with van der Waals surface area (Å²) in [5, 5.41) is 0. The zero-order valence-corrected chi connectivity index (χ0v) is 10.1. The van der Waals surface area contributed by atoms with Gasteiger partial charge in [-0.2, -0.15) is 0 Å². The maximum Gasteiger partial charge on any atom is 0.0740 e. The average Bonchev–Trinajstić information content (AvgIpc) is 2.71. The molecule has 2 N–H and O–H groups in total. The second-order valence-electron chi connectivity index (χ2n) is 3.76. The summed E-state index contributed by atoms with van der Waals surface area (Å²) < 4.78 is 10.5. The number of rotatable bonds is 7. The van der Waals surface area contributed by atoms with Crippen LogP contribution in [-0.2, 0) is 9.47 Å². The first kappa shape index (κ1) is 12.8. The maximum atomic E-state index is 5.51. The van der Waals surface area contributed by atoms with E-state index in [0.29, 0.717) is 11.0 Å². The Kier molecular flexibility index (Phi) is 6.09. The molecule has 1 unspecified atom stereocenters. The van der Waals surface area contributed by atoms with E-state index in [9.17, 15) is 0 Å². The molecule has 4 nitrogen and oxygen atoms in total. The van der Waals surface area contributed by atoms with E-state index in [1.165, 1.54) is 0 Å². The fourth-order valence-electron chi connectivity index (χ4n) is 1.75. The van der Waals surface area contributed by atoms with E-state index in [1.54, 1.807) is 7.11 Å². The Labute approximate surface area is 96.7 Å². The van der Waals surface area contributed by atoms with E-state index >= 15 is 0 Å². The number of methoxy groups -OCH3 is 1. The van der Waals surface area contributed by atoms with Gasteiger partial charge in [0, 0.05) is 39.3 Å². The van der Waals surface area contributed by atoms with Crippen molar-refractivity contribution in [2.75, 3.05) is 40.0 Å². The minimum Gasteiger partial charge on any atom is -0.393 e. The van der Waals surface area contributed by atoms with Crippen LogP contribution in [0.4, 0.5) is 0 Å². The molecule has 1 heterocycles. The van der Waals surface area contributed by atoms with Gasteiger partial charge in [-0.3, -0.25) is 4.90 Å². The molecule has 1 aliphatic rings. The predicted octanol–water partition coefficient (Wildman–Crippen LogP) is 0.400. The zero-order chi connectivity index (χ0) is 11.1. The van der Waals surface area contributed by atoms with Gasteiger partial charge in [0.25, 0.3) is 0 Å². The first-order valence-electron chi connectivity index (χ1n) is 5.33. The molecule has 1 aliphatic heterocycles. The third-order valence-electron chi connectivity index (χ3n) is 2.65. The molecule has 0 aromatic carbocycles. The van der Waals surface area contributed by atoms with Gasteiger partial charge in [-0.05, 0) is 6.42 Å². The highest BCUT2D eigenvalue weighted by Crippen LogP contribution is 2.12. The number of hydrogen-bond donors (Lipinski definition) is 1. The normalized spacial score (nSPS) is 21.1. The quantitative estimate of drug-likeness (QED) is 0.644. The molecule has 1 rings (SSSR count). The average molecular weight is 232 g/mol. The predicted molar refractivity (Wildman–Crippen MR) is 64.1 cm³/mol. The van der Waals surface area contributed by atoms with Gasteiger partial charge in [-0.1, -0.05) is 12.2 Å². The third kappa shape index (κ3) is 4.88. The Hall–Kier alpha value is -0.230. The van der Waals surface area contributed by atoms with Crippen LogP contribution in [0, 0.1) is 0 Å². The van der Waals surface area contributed by atoms with Crippen LogP contribution >= 0.6 is 12.2 Å². The van der Waals surface area contributed by atoms with E-state index in [1.807, 2.05) is 0 Å². The maximum absolute atomic E-state index is 5.51. The van der Waals surface area contributed by atoms with Crippen LogP contribution in [0.25, 0.3) is 0 Å². The first-order valence-corrected chi connectivity index (χ1v) is 5.74. The van der Waals surface area contributed by atoms with Crippen LogP contribution < -0.4 is 5.73 Å². The van der Waals surface area contributed by atoms with E-state index in [4.69, 9.17) is 27.4 Å². The lowest BCUT2D eigenvalue weighted by molar-refractivity contribution is 0.107. The van der Waals surface area contributed by atoms with Crippen molar-refractivity contribution in [1.82, 2.24) is 4.90 Å². The summed E-state index contributed by atoms with van der Waals surface area (Å²) in [6.07, 6.45) is 1.87. The Balaban J connectivity index is 2.33. The summed E-state index contributed by atoms with van der Waals surface area (Å²) in [5.41, 5.74) is 5.51. The van der Waals surface area contributed by atoms with Crippen LogP contribution in [0.15, 0.2) is 0 Å². The molecule has 0 amide bonds. The minimum atomic E-state index is 0.509. The van der Waals surface area contributed by atoms with Gasteiger partial charge in [0.2, 0.25) is 0 Å². The molecule has 0 radical (unpaired) electrons. The van der Waals surface area contributed by atoms with Crippen LogP contribution in [0.5, 0.6) is 0 Å². The van der Waals surface area contributed by atoms with Gasteiger partial charge < -0.3 is 15.2 Å². The highest BCUT2D eigenvalue weighted by Gasteiger charge is 2.22. The van der Waals surface area contributed by atoms with Gasteiger partial charge in [0.15, 0.2) is 0 Å². The van der Waals surface area contributed by atoms with E-state index in [-0.39, 0.29) is 0 Å². The molecule has 1 saturated heterocycles. The lowest BCUT2D eigenvalue weighted by atomic mass is 10.2. The molecule has 0 aromatic rings. The Morgan fingerprint density at radius 2 is 2.40 bits per heavy atom. The van der Waals surface area contributed by atoms with Crippen molar-refractivity contribution < 1.29 is 9.47 Å². The molecule has 0 bridgehead atoms. The van der Waals surface area contributed by atoms with Crippen molar-refractivity contribution in [2.24, 2.45) is 5.73 Å². The fraction of sp³-hybridized carbons (Fsp3) is 0.900. The number of thiocarbonyl (C=S) groups is 1. The third-order valence-corrected chi connectivity index (χ3v) is 2.85. The molecular formula is C10H20N2O2S. The smallest absolute Gasteiger partial charge is 0.0740 e. The summed E-state index contributed by atoms with van der Waals surface area (Å²) in [6.45, 7) is 4.26. The first-order chi connectivity index (χ1) is 7.24. The Morgan fingerprint density at radius 3 is 2.93 bits per heavy atom. The lowest BCUT2D eigenvalue weighted by Gasteiger charge is -2.27. The van der Waals surface area contributed by atoms with Crippen molar-refractivity contribution in [3.63, 3.8) is 0 Å². The van der Waals surface area contributed by atoms with Crippen molar-refractivity contribution in [3.05, 3.63) is 0 Å². The standard InChI is InChI=1S/C10H20N2O2S/c1-13-7-5-12(4-2-10(11)15)9-3-6-14-8-9/h9H,2-8H2,1H3,(H2,11,15). The topological polar surface area (TPSA) is 47.7 Å². The van der Waals surface area contributed by atoms with E-state index in [2.05, 4.69) is 4.90 Å². The molecular weight excluding hydrogens is 212 g/mol. The Bertz CT molecular complexity index is 196. The van der Waals surface area contributed by atoms with Crippen molar-refractivity contribution in [3.8, 4) is 0 Å². The largest absolute Gasteiger partial charge is 0.393 e. The van der Waals surface area contributed by atoms with Gasteiger partial charge in [-0.25, -0.2) is 0 Å². The molecule has 1 atom stereocenters. The van der Waals surface area contributed by atoms with Gasteiger partial charge in [0.1, 0.15) is 0 Å². The summed E-state index contributed by atoms with van der Waals surface area (Å²) in [7, 11) is 1.72. The summed E-state index contributed by atoms with van der Waals surface area (Å²) in [4.78, 5) is 2.94. The van der Waals surface area contributed by atoms with Gasteiger partial charge >= 0.3 is 0 Å². The summed E-state index contributed by atoms with van der Waals surface area (Å²) in [5.74, 6) is 0. The van der Waals surface area contributed by atoms with Crippen molar-refractivity contribution >= 4 is 17.2 Å². The summed E-state index contributed by atoms with van der Waals surface area (Å²) in [6, 6.07) is 0.509. The number of nitrogens with two attached hydrogens (primary N) is 1. The number of ether oxygens (including phenoxy) is 2. The number of nitrogens with zero attached hydrogens (tertiary/aromatic N) is 1. The van der Waals surface area contributed by atoms with E-state index in [0.717, 1.165) is 45.8 Å². The van der Waals surface area contributed by atoms with Crippen LogP contribution in [0.2, 0.25) is 0 Å². The fourth-order valence-corrected chi connectivity index (χ4v) is 1.84. The molecule has 0 saturated carbocycles. The molecule has 0 aliphatic carbocycles. The highest BCUT2D eigenvalue weighted by molar-refractivity contribution is 7.80. The van der Waals surface area contributed by atoms with Crippen molar-refractivity contribution in [2.45, 2.75) is 18.9 Å². The molecule has 1 fully saturated rings. The van der Waals surface area contributed by atoms with Crippen LogP contribution in [0.3, 0.4) is 0 Å². The highest BCUT2D eigenvalue weighted by atomic mass is 32.1. The second kappa shape index (κ2) is 7.11. The van der Waals surface area contributed by atoms with Crippen molar-refractivity contribution in [1.29, 1.82) is 0 Å². The SMILES string of the molecule is COCCN(CCC(N)=S)C1CCOC1. The van der Waals surface area contributed by atoms with Crippen LogP contribution in [0.1, 0.15) is 12.8 Å². The lowest BCUT2D eigenvalue weighted by Crippen LogP contribution is -2.39. The van der Waals surface area contributed by atoms with Gasteiger partial charge in [0.05, 0.1) is 18.2 Å². The monoisotopic (exact) mass is 232 g/mol.